The summed E-state index contributed by atoms with van der Waals surface area (Å²) in [5, 5.41) is 8.63. The zero-order valence-corrected chi connectivity index (χ0v) is 15.7. The maximum atomic E-state index is 11.4. The van der Waals surface area contributed by atoms with E-state index in [1.807, 2.05) is 30.3 Å². The van der Waals surface area contributed by atoms with Crippen molar-refractivity contribution in [3.63, 3.8) is 0 Å². The molecule has 0 aromatic heterocycles. The van der Waals surface area contributed by atoms with Crippen molar-refractivity contribution in [3.8, 4) is 0 Å². The molecular weight excluding hydrogens is 382 g/mol. The fourth-order valence-electron chi connectivity index (χ4n) is 2.91. The van der Waals surface area contributed by atoms with Crippen molar-refractivity contribution in [3.05, 3.63) is 52.5 Å². The van der Waals surface area contributed by atoms with Gasteiger partial charge in [0.2, 0.25) is 0 Å². The first kappa shape index (κ1) is 17.6. The number of hydrogen-bond acceptors (Lipinski definition) is 5. The maximum Gasteiger partial charge on any atom is 0.307 e. The van der Waals surface area contributed by atoms with Crippen LogP contribution in [0.5, 0.6) is 0 Å². The van der Waals surface area contributed by atoms with Gasteiger partial charge in [-0.1, -0.05) is 15.9 Å². The minimum atomic E-state index is -0.174. The SMILES string of the molecule is COC(=O)CCN1CCCc2cc(N=Nc3ccc(Br)cc3)ccc21. The van der Waals surface area contributed by atoms with Crippen LogP contribution in [0.1, 0.15) is 18.4 Å². The van der Waals surface area contributed by atoms with Gasteiger partial charge in [-0.15, -0.1) is 0 Å². The van der Waals surface area contributed by atoms with Gasteiger partial charge in [0.15, 0.2) is 0 Å². The van der Waals surface area contributed by atoms with Crippen molar-refractivity contribution in [1.82, 2.24) is 0 Å². The normalized spacial score (nSPS) is 13.8. The van der Waals surface area contributed by atoms with E-state index in [-0.39, 0.29) is 5.97 Å². The molecule has 0 bridgehead atoms. The highest BCUT2D eigenvalue weighted by atomic mass is 79.9. The van der Waals surface area contributed by atoms with Gasteiger partial charge >= 0.3 is 5.97 Å². The molecule has 1 aliphatic rings. The zero-order valence-electron chi connectivity index (χ0n) is 14.1. The Labute approximate surface area is 155 Å². The number of esters is 1. The number of ether oxygens (including phenoxy) is 1. The summed E-state index contributed by atoms with van der Waals surface area (Å²) in [6.45, 7) is 1.64. The molecule has 0 unspecified atom stereocenters. The van der Waals surface area contributed by atoms with Crippen LogP contribution in [-0.2, 0) is 16.0 Å². The second-order valence-corrected chi connectivity index (χ2v) is 6.82. The maximum absolute atomic E-state index is 11.4. The highest BCUT2D eigenvalue weighted by Gasteiger charge is 2.18. The highest BCUT2D eigenvalue weighted by Crippen LogP contribution is 2.31. The van der Waals surface area contributed by atoms with Crippen molar-refractivity contribution in [2.75, 3.05) is 25.1 Å². The van der Waals surface area contributed by atoms with Gasteiger partial charge in [0.25, 0.3) is 0 Å². The smallest absolute Gasteiger partial charge is 0.307 e. The lowest BCUT2D eigenvalue weighted by Crippen LogP contribution is -2.31. The average Bonchev–Trinajstić information content (AvgIpc) is 2.65. The highest BCUT2D eigenvalue weighted by molar-refractivity contribution is 9.10. The minimum Gasteiger partial charge on any atom is -0.469 e. The van der Waals surface area contributed by atoms with Gasteiger partial charge in [0.05, 0.1) is 24.9 Å². The first-order valence-electron chi connectivity index (χ1n) is 8.28. The number of rotatable bonds is 5. The van der Waals surface area contributed by atoms with Gasteiger partial charge in [-0.3, -0.25) is 4.79 Å². The predicted octanol–water partition coefficient (Wildman–Crippen LogP) is 5.18. The summed E-state index contributed by atoms with van der Waals surface area (Å²) in [7, 11) is 1.43. The molecule has 0 aliphatic carbocycles. The molecule has 2 aromatic carbocycles. The molecule has 0 fully saturated rings. The summed E-state index contributed by atoms with van der Waals surface area (Å²) in [6, 6.07) is 13.9. The third-order valence-corrected chi connectivity index (χ3v) is 4.73. The molecule has 0 spiro atoms. The fraction of sp³-hybridized carbons (Fsp3) is 0.316. The van der Waals surface area contributed by atoms with Crippen LogP contribution in [0.25, 0.3) is 0 Å². The third-order valence-electron chi connectivity index (χ3n) is 4.20. The van der Waals surface area contributed by atoms with Crippen molar-refractivity contribution < 1.29 is 9.53 Å². The molecule has 0 saturated heterocycles. The number of benzene rings is 2. The number of anilines is 1. The summed E-state index contributed by atoms with van der Waals surface area (Å²) < 4.78 is 5.75. The Morgan fingerprint density at radius 2 is 1.88 bits per heavy atom. The number of azo groups is 1. The van der Waals surface area contributed by atoms with Gasteiger partial charge in [-0.25, -0.2) is 0 Å². The van der Waals surface area contributed by atoms with E-state index in [9.17, 15) is 4.79 Å². The van der Waals surface area contributed by atoms with E-state index in [2.05, 4.69) is 43.2 Å². The summed E-state index contributed by atoms with van der Waals surface area (Å²) in [4.78, 5) is 13.6. The molecule has 0 atom stereocenters. The van der Waals surface area contributed by atoms with E-state index in [1.54, 1.807) is 0 Å². The number of carbonyl (C=O) groups excluding carboxylic acids is 1. The van der Waals surface area contributed by atoms with E-state index in [0.29, 0.717) is 13.0 Å². The molecule has 6 heteroatoms. The Kier molecular flexibility index (Phi) is 5.81. The van der Waals surface area contributed by atoms with Gasteiger partial charge in [-0.2, -0.15) is 10.2 Å². The van der Waals surface area contributed by atoms with Crippen molar-refractivity contribution in [2.45, 2.75) is 19.3 Å². The average molecular weight is 402 g/mol. The number of carbonyl (C=O) groups is 1. The van der Waals surface area contributed by atoms with E-state index in [0.717, 1.165) is 35.2 Å². The lowest BCUT2D eigenvalue weighted by Gasteiger charge is -2.31. The lowest BCUT2D eigenvalue weighted by atomic mass is 10.0. The number of fused-ring (bicyclic) bond motifs is 1. The second-order valence-electron chi connectivity index (χ2n) is 5.91. The number of hydrogen-bond donors (Lipinski definition) is 0. The molecule has 1 aliphatic heterocycles. The first-order valence-corrected chi connectivity index (χ1v) is 9.07. The number of methoxy groups -OCH3 is 1. The van der Waals surface area contributed by atoms with Crippen LogP contribution >= 0.6 is 15.9 Å². The van der Waals surface area contributed by atoms with E-state index in [4.69, 9.17) is 4.74 Å². The molecular formula is C19H20BrN3O2. The Balaban J connectivity index is 1.72. The summed E-state index contributed by atoms with van der Waals surface area (Å²) in [5.41, 5.74) is 4.10. The third kappa shape index (κ3) is 4.66. The monoisotopic (exact) mass is 401 g/mol. The second kappa shape index (κ2) is 8.25. The molecule has 0 saturated carbocycles. The van der Waals surface area contributed by atoms with Gasteiger partial charge in [0, 0.05) is 23.2 Å². The Bertz CT molecular complexity index is 775. The number of nitrogens with zero attached hydrogens (tertiary/aromatic N) is 3. The number of halogens is 1. The van der Waals surface area contributed by atoms with E-state index < -0.39 is 0 Å². The predicted molar refractivity (Wildman–Crippen MR) is 102 cm³/mol. The summed E-state index contributed by atoms with van der Waals surface area (Å²) >= 11 is 3.41. The molecule has 130 valence electrons. The van der Waals surface area contributed by atoms with Crippen LogP contribution < -0.4 is 4.90 Å². The lowest BCUT2D eigenvalue weighted by molar-refractivity contribution is -0.140. The molecule has 5 nitrogen and oxygen atoms in total. The first-order chi connectivity index (χ1) is 12.2. The topological polar surface area (TPSA) is 54.3 Å². The molecule has 2 aromatic rings. The van der Waals surface area contributed by atoms with Gasteiger partial charge in [-0.05, 0) is 60.9 Å². The standard InChI is InChI=1S/C19H20BrN3O2/c1-25-19(24)10-12-23-11-2-3-14-13-17(8-9-18(14)23)22-21-16-6-4-15(20)5-7-16/h4-9,13H,2-3,10-12H2,1H3. The van der Waals surface area contributed by atoms with Crippen LogP contribution in [0.3, 0.4) is 0 Å². The van der Waals surface area contributed by atoms with Crippen LogP contribution in [0.15, 0.2) is 57.2 Å². The molecule has 0 radical (unpaired) electrons. The van der Waals surface area contributed by atoms with Crippen molar-refractivity contribution >= 4 is 39.0 Å². The largest absolute Gasteiger partial charge is 0.469 e. The minimum absolute atomic E-state index is 0.174. The summed E-state index contributed by atoms with van der Waals surface area (Å²) in [6.07, 6.45) is 2.49. The Morgan fingerprint density at radius 3 is 2.64 bits per heavy atom. The molecule has 0 amide bonds. The van der Waals surface area contributed by atoms with Crippen molar-refractivity contribution in [1.29, 1.82) is 0 Å². The number of aryl methyl sites for hydroxylation is 1. The zero-order chi connectivity index (χ0) is 17.6. The van der Waals surface area contributed by atoms with Crippen molar-refractivity contribution in [2.24, 2.45) is 10.2 Å². The Hall–Kier alpha value is -2.21. The van der Waals surface area contributed by atoms with Gasteiger partial charge < -0.3 is 9.64 Å². The molecule has 0 N–H and O–H groups in total. The molecule has 3 rings (SSSR count). The van der Waals surface area contributed by atoms with Crippen LogP contribution in [-0.4, -0.2) is 26.2 Å². The van der Waals surface area contributed by atoms with E-state index in [1.165, 1.54) is 18.4 Å². The quantitative estimate of drug-likeness (QED) is 0.512. The fourth-order valence-corrected chi connectivity index (χ4v) is 3.17. The van der Waals surface area contributed by atoms with Crippen LogP contribution in [0.4, 0.5) is 17.1 Å². The molecule has 25 heavy (non-hydrogen) atoms. The van der Waals surface area contributed by atoms with Crippen LogP contribution in [0.2, 0.25) is 0 Å². The van der Waals surface area contributed by atoms with Gasteiger partial charge in [0.1, 0.15) is 0 Å². The summed E-state index contributed by atoms with van der Waals surface area (Å²) in [5.74, 6) is -0.174. The van der Waals surface area contributed by atoms with Crippen LogP contribution in [0, 0.1) is 0 Å². The molecule has 1 heterocycles. The van der Waals surface area contributed by atoms with E-state index >= 15 is 0 Å². The Morgan fingerprint density at radius 1 is 1.16 bits per heavy atom.